The molecule has 3 heterocycles. The van der Waals surface area contributed by atoms with E-state index in [0.717, 1.165) is 34.6 Å². The van der Waals surface area contributed by atoms with Crippen LogP contribution in [-0.2, 0) is 10.5 Å². The van der Waals surface area contributed by atoms with E-state index in [2.05, 4.69) is 15.4 Å². The minimum atomic E-state index is -0.245. The van der Waals surface area contributed by atoms with Gasteiger partial charge in [-0.15, -0.1) is 16.4 Å². The molecule has 0 saturated carbocycles. The second kappa shape index (κ2) is 7.18. The van der Waals surface area contributed by atoms with E-state index in [0.29, 0.717) is 23.3 Å². The van der Waals surface area contributed by atoms with Gasteiger partial charge >= 0.3 is 0 Å². The van der Waals surface area contributed by atoms with Gasteiger partial charge in [0.15, 0.2) is 5.78 Å². The number of Topliss-reactive ketones (excluding diaryl/α,β-unsaturated/α-hetero) is 1. The molecule has 1 aliphatic heterocycles. The third-order valence-corrected chi connectivity index (χ3v) is 6.75. The molecule has 5 nitrogen and oxygen atoms in total. The Kier molecular flexibility index (Phi) is 4.52. The van der Waals surface area contributed by atoms with Gasteiger partial charge in [0.25, 0.3) is 0 Å². The number of halogens is 1. The Morgan fingerprint density at radius 2 is 2.21 bits per heavy atom. The summed E-state index contributed by atoms with van der Waals surface area (Å²) in [6, 6.07) is 10.4. The van der Waals surface area contributed by atoms with Crippen molar-refractivity contribution in [2.75, 3.05) is 5.32 Å². The van der Waals surface area contributed by atoms with E-state index >= 15 is 0 Å². The number of anilines is 1. The number of thioether (sulfide) groups is 1. The van der Waals surface area contributed by atoms with Crippen molar-refractivity contribution in [1.82, 2.24) is 14.8 Å². The molecule has 0 radical (unpaired) electrons. The molecule has 2 aliphatic rings. The van der Waals surface area contributed by atoms with Crippen molar-refractivity contribution in [2.45, 2.75) is 36.2 Å². The van der Waals surface area contributed by atoms with Gasteiger partial charge in [-0.05, 0) is 42.0 Å². The third-order valence-electron chi connectivity index (χ3n) is 4.92. The highest BCUT2D eigenvalue weighted by molar-refractivity contribution is 7.98. The highest BCUT2D eigenvalue weighted by Crippen LogP contribution is 2.41. The molecule has 0 fully saturated rings. The second-order valence-corrected chi connectivity index (χ2v) is 8.71. The summed E-state index contributed by atoms with van der Waals surface area (Å²) in [6.45, 7) is 0. The number of carbonyl (C=O) groups is 1. The van der Waals surface area contributed by atoms with E-state index in [1.807, 2.05) is 28.3 Å². The minimum absolute atomic E-state index is 0.183. The number of ketones is 1. The van der Waals surface area contributed by atoms with Crippen LogP contribution in [0.1, 0.15) is 35.7 Å². The lowest BCUT2D eigenvalue weighted by Crippen LogP contribution is -2.31. The Morgan fingerprint density at radius 1 is 1.29 bits per heavy atom. The summed E-state index contributed by atoms with van der Waals surface area (Å²) in [5, 5.41) is 10.6. The van der Waals surface area contributed by atoms with Crippen LogP contribution in [0.3, 0.4) is 0 Å². The van der Waals surface area contributed by atoms with Gasteiger partial charge in [-0.25, -0.2) is 9.07 Å². The Morgan fingerprint density at radius 3 is 3.04 bits per heavy atom. The average Bonchev–Trinajstić information content (AvgIpc) is 3.34. The van der Waals surface area contributed by atoms with Crippen LogP contribution in [0.15, 0.2) is 58.2 Å². The molecule has 0 saturated heterocycles. The van der Waals surface area contributed by atoms with E-state index < -0.39 is 0 Å². The molecule has 1 aliphatic carbocycles. The maximum atomic E-state index is 13.4. The number of carbonyl (C=O) groups excluding carboxylic acids is 1. The quantitative estimate of drug-likeness (QED) is 0.624. The molecule has 28 heavy (non-hydrogen) atoms. The van der Waals surface area contributed by atoms with Crippen molar-refractivity contribution >= 4 is 34.8 Å². The Hall–Kier alpha value is -2.45. The first-order valence-electron chi connectivity index (χ1n) is 9.09. The van der Waals surface area contributed by atoms with Gasteiger partial charge < -0.3 is 5.32 Å². The highest BCUT2D eigenvalue weighted by Gasteiger charge is 2.37. The number of nitrogens with zero attached hydrogens (tertiary/aromatic N) is 3. The molecule has 0 bridgehead atoms. The zero-order valence-corrected chi connectivity index (χ0v) is 16.5. The predicted molar refractivity (Wildman–Crippen MR) is 108 cm³/mol. The molecular weight excluding hydrogens is 395 g/mol. The van der Waals surface area contributed by atoms with E-state index in [-0.39, 0.29) is 17.6 Å². The number of benzene rings is 1. The molecule has 0 unspecified atom stereocenters. The number of hydrogen-bond acceptors (Lipinski definition) is 6. The molecule has 1 N–H and O–H groups in total. The monoisotopic (exact) mass is 412 g/mol. The third kappa shape index (κ3) is 3.16. The summed E-state index contributed by atoms with van der Waals surface area (Å²) in [4.78, 5) is 18.4. The van der Waals surface area contributed by atoms with E-state index in [9.17, 15) is 9.18 Å². The summed E-state index contributed by atoms with van der Waals surface area (Å²) < 4.78 is 15.2. The Balaban J connectivity index is 1.48. The largest absolute Gasteiger partial charge is 0.328 e. The van der Waals surface area contributed by atoms with Crippen LogP contribution in [0.4, 0.5) is 10.3 Å². The summed E-state index contributed by atoms with van der Waals surface area (Å²) >= 11 is 3.08. The smallest absolute Gasteiger partial charge is 0.227 e. The molecule has 3 aromatic rings. The number of thiophene rings is 1. The summed E-state index contributed by atoms with van der Waals surface area (Å²) in [5.74, 6) is 1.18. The molecular formula is C20H17FN4OS2. The van der Waals surface area contributed by atoms with Gasteiger partial charge in [-0.3, -0.25) is 4.79 Å². The van der Waals surface area contributed by atoms with Gasteiger partial charge in [-0.1, -0.05) is 30.0 Å². The lowest BCUT2D eigenvalue weighted by molar-refractivity contribution is -0.116. The molecule has 5 rings (SSSR count). The van der Waals surface area contributed by atoms with Crippen molar-refractivity contribution in [3.63, 3.8) is 0 Å². The lowest BCUT2D eigenvalue weighted by atomic mass is 9.88. The molecule has 2 aromatic heterocycles. The number of rotatable bonds is 4. The fraction of sp³-hybridized carbons (Fsp3) is 0.250. The standard InChI is InChI=1S/C20H17FN4OS2/c21-13-5-1-4-12(10-13)11-28-20-23-19-22-14-6-2-7-15(26)17(14)18(25(19)24-20)16-8-3-9-27-16/h1,3-5,8-10,18H,2,6-7,11H2,(H,22,23,24)/t18-/m1/s1. The van der Waals surface area contributed by atoms with Crippen molar-refractivity contribution in [3.8, 4) is 0 Å². The molecule has 142 valence electrons. The number of fused-ring (bicyclic) bond motifs is 1. The van der Waals surface area contributed by atoms with Crippen LogP contribution in [-0.4, -0.2) is 20.5 Å². The number of nitrogens with one attached hydrogen (secondary N) is 1. The molecule has 1 atom stereocenters. The van der Waals surface area contributed by atoms with Gasteiger partial charge in [0, 0.05) is 28.3 Å². The molecule has 0 amide bonds. The van der Waals surface area contributed by atoms with E-state index in [1.165, 1.54) is 23.9 Å². The summed E-state index contributed by atoms with van der Waals surface area (Å²) in [7, 11) is 0. The van der Waals surface area contributed by atoms with Crippen molar-refractivity contribution in [1.29, 1.82) is 0 Å². The van der Waals surface area contributed by atoms with E-state index in [4.69, 9.17) is 0 Å². The van der Waals surface area contributed by atoms with Crippen LogP contribution >= 0.6 is 23.1 Å². The maximum absolute atomic E-state index is 13.4. The van der Waals surface area contributed by atoms with Crippen LogP contribution < -0.4 is 5.32 Å². The van der Waals surface area contributed by atoms with Crippen LogP contribution in [0.25, 0.3) is 0 Å². The van der Waals surface area contributed by atoms with Gasteiger partial charge in [0.2, 0.25) is 11.1 Å². The van der Waals surface area contributed by atoms with Crippen molar-refractivity contribution in [2.24, 2.45) is 0 Å². The average molecular weight is 413 g/mol. The van der Waals surface area contributed by atoms with Gasteiger partial charge in [0.1, 0.15) is 11.9 Å². The maximum Gasteiger partial charge on any atom is 0.227 e. The molecule has 0 spiro atoms. The first-order valence-corrected chi connectivity index (χ1v) is 11.0. The fourth-order valence-electron chi connectivity index (χ4n) is 3.68. The first-order chi connectivity index (χ1) is 13.7. The van der Waals surface area contributed by atoms with Crippen LogP contribution in [0.2, 0.25) is 0 Å². The normalized spacial score (nSPS) is 18.6. The highest BCUT2D eigenvalue weighted by atomic mass is 32.2. The molecule has 1 aromatic carbocycles. The topological polar surface area (TPSA) is 59.8 Å². The van der Waals surface area contributed by atoms with Crippen molar-refractivity contribution < 1.29 is 9.18 Å². The Bertz CT molecular complexity index is 1070. The number of hydrogen-bond donors (Lipinski definition) is 1. The summed E-state index contributed by atoms with van der Waals surface area (Å²) in [5.41, 5.74) is 2.66. The number of allylic oxidation sites excluding steroid dienone is 2. The first kappa shape index (κ1) is 17.6. The SMILES string of the molecule is O=C1CCCC2=C1[C@@H](c1cccs1)n1nc(SCc3cccc(F)c3)nc1N2. The zero-order valence-electron chi connectivity index (χ0n) is 14.9. The van der Waals surface area contributed by atoms with Gasteiger partial charge in [-0.2, -0.15) is 4.98 Å². The lowest BCUT2D eigenvalue weighted by Gasteiger charge is -2.31. The summed E-state index contributed by atoms with van der Waals surface area (Å²) in [6.07, 6.45) is 2.28. The van der Waals surface area contributed by atoms with Gasteiger partial charge in [0.05, 0.1) is 0 Å². The zero-order chi connectivity index (χ0) is 19.1. The van der Waals surface area contributed by atoms with Crippen LogP contribution in [0.5, 0.6) is 0 Å². The Labute approximate surface area is 169 Å². The van der Waals surface area contributed by atoms with Crippen molar-refractivity contribution in [3.05, 3.63) is 69.3 Å². The predicted octanol–water partition coefficient (Wildman–Crippen LogP) is 4.79. The van der Waals surface area contributed by atoms with Crippen LogP contribution in [0, 0.1) is 5.82 Å². The molecule has 8 heteroatoms. The second-order valence-electron chi connectivity index (χ2n) is 6.79. The number of aromatic nitrogens is 3. The minimum Gasteiger partial charge on any atom is -0.328 e. The fourth-order valence-corrected chi connectivity index (χ4v) is 5.27. The van der Waals surface area contributed by atoms with E-state index in [1.54, 1.807) is 17.4 Å².